The van der Waals surface area contributed by atoms with Gasteiger partial charge in [-0.3, -0.25) is 0 Å². The number of likely N-dealkylation sites (tertiary alicyclic amines) is 1. The number of ether oxygens (including phenoxy) is 2. The number of piperidine rings is 1. The molecular formula is C16H26IN3O2. The minimum Gasteiger partial charge on any atom is -0.493 e. The highest BCUT2D eigenvalue weighted by molar-refractivity contribution is 14.0. The van der Waals surface area contributed by atoms with Crippen molar-refractivity contribution in [1.82, 2.24) is 4.90 Å². The van der Waals surface area contributed by atoms with E-state index in [0.717, 1.165) is 30.2 Å². The number of aliphatic imine (C=N–C) groups is 1. The van der Waals surface area contributed by atoms with Crippen LogP contribution in [0.25, 0.3) is 0 Å². The summed E-state index contributed by atoms with van der Waals surface area (Å²) in [6.45, 7) is 5.17. The first-order chi connectivity index (χ1) is 10.2. The Balaban J connectivity index is 0.00000242. The van der Waals surface area contributed by atoms with Gasteiger partial charge in [-0.05, 0) is 43.9 Å². The fourth-order valence-corrected chi connectivity index (χ4v) is 2.48. The van der Waals surface area contributed by atoms with Gasteiger partial charge in [0.05, 0.1) is 20.3 Å². The average molecular weight is 419 g/mol. The predicted octanol–water partition coefficient (Wildman–Crippen LogP) is 3.01. The van der Waals surface area contributed by atoms with Crippen molar-refractivity contribution in [2.45, 2.75) is 32.7 Å². The molecule has 124 valence electrons. The molecule has 0 unspecified atom stereocenters. The third-order valence-corrected chi connectivity index (χ3v) is 3.63. The lowest BCUT2D eigenvalue weighted by atomic mass is 10.1. The van der Waals surface area contributed by atoms with Crippen LogP contribution in [0.5, 0.6) is 11.5 Å². The third-order valence-electron chi connectivity index (χ3n) is 3.63. The molecule has 2 N–H and O–H groups in total. The molecule has 0 aliphatic carbocycles. The number of hydrogen-bond donors (Lipinski definition) is 1. The van der Waals surface area contributed by atoms with Crippen molar-refractivity contribution < 1.29 is 9.47 Å². The van der Waals surface area contributed by atoms with Crippen molar-refractivity contribution in [2.24, 2.45) is 10.7 Å². The van der Waals surface area contributed by atoms with Crippen molar-refractivity contribution in [3.63, 3.8) is 0 Å². The number of nitrogens with two attached hydrogens (primary N) is 1. The fourth-order valence-electron chi connectivity index (χ4n) is 2.48. The molecule has 1 aromatic carbocycles. The molecule has 0 radical (unpaired) electrons. The number of methoxy groups -OCH3 is 1. The summed E-state index contributed by atoms with van der Waals surface area (Å²) in [6, 6.07) is 5.88. The minimum absolute atomic E-state index is 0. The van der Waals surface area contributed by atoms with Gasteiger partial charge in [-0.25, -0.2) is 4.99 Å². The van der Waals surface area contributed by atoms with E-state index in [1.165, 1.54) is 19.3 Å². The summed E-state index contributed by atoms with van der Waals surface area (Å²) in [7, 11) is 1.65. The number of hydrogen-bond acceptors (Lipinski definition) is 3. The summed E-state index contributed by atoms with van der Waals surface area (Å²) in [5.74, 6) is 2.14. The van der Waals surface area contributed by atoms with E-state index >= 15 is 0 Å². The number of rotatable bonds is 5. The standard InChI is InChI=1S/C16H25N3O2.HI/c1-3-21-14-8-7-13(11-15(14)20-2)12-18-16(17)19-9-5-4-6-10-19;/h7-8,11H,3-6,9-10,12H2,1-2H3,(H2,17,18);1H. The van der Waals surface area contributed by atoms with Crippen LogP contribution in [0.4, 0.5) is 0 Å². The highest BCUT2D eigenvalue weighted by Gasteiger charge is 2.12. The Morgan fingerprint density at radius 3 is 2.59 bits per heavy atom. The van der Waals surface area contributed by atoms with E-state index in [1.54, 1.807) is 7.11 Å². The lowest BCUT2D eigenvalue weighted by Crippen LogP contribution is -2.40. The van der Waals surface area contributed by atoms with Crippen LogP contribution in [-0.2, 0) is 6.54 Å². The van der Waals surface area contributed by atoms with Gasteiger partial charge < -0.3 is 20.1 Å². The highest BCUT2D eigenvalue weighted by atomic mass is 127. The first-order valence-electron chi connectivity index (χ1n) is 7.59. The van der Waals surface area contributed by atoms with Crippen LogP contribution in [0, 0.1) is 0 Å². The maximum absolute atomic E-state index is 6.06. The lowest BCUT2D eigenvalue weighted by molar-refractivity contribution is 0.310. The molecule has 5 nitrogen and oxygen atoms in total. The van der Waals surface area contributed by atoms with E-state index in [9.17, 15) is 0 Å². The quantitative estimate of drug-likeness (QED) is 0.453. The molecule has 1 aliphatic heterocycles. The number of benzene rings is 1. The Hall–Kier alpha value is -1.18. The van der Waals surface area contributed by atoms with Crippen LogP contribution in [0.3, 0.4) is 0 Å². The molecular weight excluding hydrogens is 393 g/mol. The topological polar surface area (TPSA) is 60.1 Å². The average Bonchev–Trinajstić information content (AvgIpc) is 2.54. The third kappa shape index (κ3) is 5.23. The van der Waals surface area contributed by atoms with Crippen LogP contribution in [0.1, 0.15) is 31.7 Å². The molecule has 22 heavy (non-hydrogen) atoms. The highest BCUT2D eigenvalue weighted by Crippen LogP contribution is 2.28. The second-order valence-electron chi connectivity index (χ2n) is 5.14. The minimum atomic E-state index is 0. The Labute approximate surface area is 149 Å². The van der Waals surface area contributed by atoms with E-state index in [2.05, 4.69) is 9.89 Å². The van der Waals surface area contributed by atoms with E-state index < -0.39 is 0 Å². The molecule has 1 fully saturated rings. The normalized spacial score (nSPS) is 15.2. The summed E-state index contributed by atoms with van der Waals surface area (Å²) >= 11 is 0. The molecule has 6 heteroatoms. The Bertz CT molecular complexity index is 488. The van der Waals surface area contributed by atoms with E-state index in [1.807, 2.05) is 25.1 Å². The van der Waals surface area contributed by atoms with Crippen molar-refractivity contribution in [1.29, 1.82) is 0 Å². The lowest BCUT2D eigenvalue weighted by Gasteiger charge is -2.27. The first kappa shape index (κ1) is 18.9. The molecule has 0 amide bonds. The van der Waals surface area contributed by atoms with Crippen molar-refractivity contribution in [2.75, 3.05) is 26.8 Å². The summed E-state index contributed by atoms with van der Waals surface area (Å²) in [5.41, 5.74) is 7.13. The van der Waals surface area contributed by atoms with Crippen LogP contribution in [0.2, 0.25) is 0 Å². The van der Waals surface area contributed by atoms with Gasteiger partial charge in [0.25, 0.3) is 0 Å². The predicted molar refractivity (Wildman–Crippen MR) is 100 cm³/mol. The van der Waals surface area contributed by atoms with Crippen LogP contribution in [0.15, 0.2) is 23.2 Å². The van der Waals surface area contributed by atoms with Gasteiger partial charge in [-0.2, -0.15) is 0 Å². The van der Waals surface area contributed by atoms with Crippen molar-refractivity contribution in [3.8, 4) is 11.5 Å². The molecule has 1 saturated heterocycles. The van der Waals surface area contributed by atoms with Crippen LogP contribution < -0.4 is 15.2 Å². The van der Waals surface area contributed by atoms with Gasteiger partial charge in [0, 0.05) is 13.1 Å². The summed E-state index contributed by atoms with van der Waals surface area (Å²) in [5, 5.41) is 0. The van der Waals surface area contributed by atoms with Crippen LogP contribution in [-0.4, -0.2) is 37.7 Å². The molecule has 1 aliphatic rings. The molecule has 2 rings (SSSR count). The van der Waals surface area contributed by atoms with Crippen molar-refractivity contribution >= 4 is 29.9 Å². The summed E-state index contributed by atoms with van der Waals surface area (Å²) in [6.07, 6.45) is 3.69. The summed E-state index contributed by atoms with van der Waals surface area (Å²) < 4.78 is 10.9. The van der Waals surface area contributed by atoms with E-state index in [-0.39, 0.29) is 24.0 Å². The molecule has 1 heterocycles. The molecule has 0 bridgehead atoms. The van der Waals surface area contributed by atoms with Gasteiger partial charge in [0.1, 0.15) is 0 Å². The maximum Gasteiger partial charge on any atom is 0.191 e. The van der Waals surface area contributed by atoms with Gasteiger partial charge in [0.2, 0.25) is 0 Å². The molecule has 0 aromatic heterocycles. The summed E-state index contributed by atoms with van der Waals surface area (Å²) in [4.78, 5) is 6.66. The number of halogens is 1. The van der Waals surface area contributed by atoms with Crippen LogP contribution >= 0.6 is 24.0 Å². The Kier molecular flexibility index (Phi) is 8.37. The molecule has 0 saturated carbocycles. The zero-order valence-corrected chi connectivity index (χ0v) is 15.7. The van der Waals surface area contributed by atoms with Gasteiger partial charge in [-0.15, -0.1) is 24.0 Å². The Morgan fingerprint density at radius 1 is 1.23 bits per heavy atom. The second kappa shape index (κ2) is 9.76. The largest absolute Gasteiger partial charge is 0.493 e. The number of guanidine groups is 1. The maximum atomic E-state index is 6.06. The second-order valence-corrected chi connectivity index (χ2v) is 5.14. The van der Waals surface area contributed by atoms with Gasteiger partial charge in [-0.1, -0.05) is 6.07 Å². The zero-order valence-electron chi connectivity index (χ0n) is 13.4. The van der Waals surface area contributed by atoms with E-state index in [4.69, 9.17) is 15.2 Å². The van der Waals surface area contributed by atoms with Crippen molar-refractivity contribution in [3.05, 3.63) is 23.8 Å². The molecule has 0 atom stereocenters. The first-order valence-corrected chi connectivity index (χ1v) is 7.59. The molecule has 0 spiro atoms. The monoisotopic (exact) mass is 419 g/mol. The molecule has 1 aromatic rings. The fraction of sp³-hybridized carbons (Fsp3) is 0.562. The zero-order chi connectivity index (χ0) is 15.1. The Morgan fingerprint density at radius 2 is 1.95 bits per heavy atom. The van der Waals surface area contributed by atoms with Gasteiger partial charge >= 0.3 is 0 Å². The van der Waals surface area contributed by atoms with Gasteiger partial charge in [0.15, 0.2) is 17.5 Å². The SMILES string of the molecule is CCOc1ccc(CN=C(N)N2CCCCC2)cc1OC.I. The smallest absolute Gasteiger partial charge is 0.191 e. The number of nitrogens with zero attached hydrogens (tertiary/aromatic N) is 2. The van der Waals surface area contributed by atoms with E-state index in [0.29, 0.717) is 19.1 Å².